The van der Waals surface area contributed by atoms with Crippen LogP contribution in [0.5, 0.6) is 0 Å². The Morgan fingerprint density at radius 3 is 1.09 bits per heavy atom. The Morgan fingerprint density at radius 1 is 0.413 bits per heavy atom. The minimum Gasteiger partial charge on any atom is -0.462 e. The monoisotopic (exact) mass is 1070 g/mol. The normalized spacial score (nSPS) is 13.4. The van der Waals surface area contributed by atoms with Crippen LogP contribution in [-0.4, -0.2) is 49.3 Å². The largest absolute Gasteiger partial charge is 0.472 e. The van der Waals surface area contributed by atoms with Gasteiger partial charge in [-0.2, -0.15) is 0 Å². The first-order valence-corrected chi connectivity index (χ1v) is 33.3. The molecule has 0 heterocycles. The van der Waals surface area contributed by atoms with Gasteiger partial charge in [-0.25, -0.2) is 4.57 Å². The molecule has 0 amide bonds. The molecule has 3 N–H and O–H groups in total. The first kappa shape index (κ1) is 72.7. The number of hydrogen-bond donors (Lipinski definition) is 2. The van der Waals surface area contributed by atoms with Crippen molar-refractivity contribution in [3.05, 3.63) is 60.8 Å². The number of allylic oxidation sites excluding steroid dienone is 10. The molecule has 0 saturated heterocycles. The van der Waals surface area contributed by atoms with Crippen LogP contribution >= 0.6 is 7.82 Å². The van der Waals surface area contributed by atoms with Crippen LogP contribution in [0.4, 0.5) is 0 Å². The molecule has 0 aliphatic heterocycles. The van der Waals surface area contributed by atoms with E-state index in [1.165, 1.54) is 199 Å². The lowest BCUT2D eigenvalue weighted by Crippen LogP contribution is -2.29. The number of nitrogens with two attached hydrogens (primary N) is 1. The summed E-state index contributed by atoms with van der Waals surface area (Å²) in [4.78, 5) is 35.3. The van der Waals surface area contributed by atoms with Crippen molar-refractivity contribution >= 4 is 19.8 Å². The second-order valence-corrected chi connectivity index (χ2v) is 22.7. The summed E-state index contributed by atoms with van der Waals surface area (Å²) in [5.41, 5.74) is 5.39. The van der Waals surface area contributed by atoms with Gasteiger partial charge >= 0.3 is 19.8 Å². The Bertz CT molecular complexity index is 1410. The number of ether oxygens (including phenoxy) is 2. The lowest BCUT2D eigenvalue weighted by molar-refractivity contribution is -0.161. The van der Waals surface area contributed by atoms with E-state index in [-0.39, 0.29) is 38.6 Å². The van der Waals surface area contributed by atoms with E-state index < -0.39 is 26.5 Å². The van der Waals surface area contributed by atoms with Crippen molar-refractivity contribution in [2.75, 3.05) is 26.4 Å². The summed E-state index contributed by atoms with van der Waals surface area (Å²) >= 11 is 0. The lowest BCUT2D eigenvalue weighted by atomic mass is 10.0. The quantitative estimate of drug-likeness (QED) is 0.0264. The van der Waals surface area contributed by atoms with Crippen LogP contribution in [0, 0.1) is 0 Å². The average Bonchev–Trinajstić information content (AvgIpc) is 3.40. The molecule has 0 bridgehead atoms. The first-order valence-electron chi connectivity index (χ1n) is 31.8. The molecule has 0 aromatic carbocycles. The standard InChI is InChI=1S/C65H120NO8P/c1-3-5-7-9-11-13-15-17-19-21-23-25-27-28-29-30-31-32-33-34-36-37-39-41-43-45-47-49-51-53-55-57-64(67)71-61-63(62-73-75(69,70)72-60-59-66)74-65(68)58-56-54-52-50-48-46-44-42-40-38-35-26-24-22-20-18-16-14-12-10-8-6-4-2/h6,8,12,14,18,20,24,26,38,40,63H,3-5,7,9-11,13,15-17,19,21-23,25,27-37,39,41-62,66H2,1-2H3,(H,69,70)/b8-6-,14-12-,20-18-,26-24-,40-38-. The summed E-state index contributed by atoms with van der Waals surface area (Å²) in [5, 5.41) is 0. The predicted molar refractivity (Wildman–Crippen MR) is 321 cm³/mol. The number of esters is 2. The number of carbonyl (C=O) groups is 2. The zero-order chi connectivity index (χ0) is 54.5. The van der Waals surface area contributed by atoms with Crippen molar-refractivity contribution in [3.63, 3.8) is 0 Å². The Hall–Kier alpha value is -2.29. The highest BCUT2D eigenvalue weighted by atomic mass is 31.2. The molecule has 0 aliphatic carbocycles. The van der Waals surface area contributed by atoms with Gasteiger partial charge in [-0.1, -0.05) is 299 Å². The second kappa shape index (κ2) is 60.9. The number of rotatable bonds is 60. The van der Waals surface area contributed by atoms with Gasteiger partial charge in [0, 0.05) is 19.4 Å². The zero-order valence-corrected chi connectivity index (χ0v) is 49.9. The van der Waals surface area contributed by atoms with Crippen LogP contribution in [0.25, 0.3) is 0 Å². The van der Waals surface area contributed by atoms with Crippen molar-refractivity contribution < 1.29 is 37.6 Å². The maximum absolute atomic E-state index is 12.7. The third-order valence-electron chi connectivity index (χ3n) is 13.9. The lowest BCUT2D eigenvalue weighted by Gasteiger charge is -2.19. The highest BCUT2D eigenvalue weighted by molar-refractivity contribution is 7.47. The van der Waals surface area contributed by atoms with Crippen LogP contribution < -0.4 is 5.73 Å². The van der Waals surface area contributed by atoms with Gasteiger partial charge in [0.2, 0.25) is 0 Å². The molecule has 2 atom stereocenters. The smallest absolute Gasteiger partial charge is 0.462 e. The predicted octanol–water partition coefficient (Wildman–Crippen LogP) is 20.3. The summed E-state index contributed by atoms with van der Waals surface area (Å²) < 4.78 is 33.1. The van der Waals surface area contributed by atoms with Gasteiger partial charge in [0.15, 0.2) is 6.10 Å². The molecular weight excluding hydrogens is 954 g/mol. The molecule has 0 aromatic heterocycles. The molecule has 0 fully saturated rings. The number of carbonyl (C=O) groups excluding carboxylic acids is 2. The molecule has 10 heteroatoms. The molecule has 0 aliphatic rings. The van der Waals surface area contributed by atoms with Gasteiger partial charge in [0.05, 0.1) is 13.2 Å². The van der Waals surface area contributed by atoms with Crippen LogP contribution in [0.2, 0.25) is 0 Å². The van der Waals surface area contributed by atoms with Crippen LogP contribution in [0.3, 0.4) is 0 Å². The van der Waals surface area contributed by atoms with Crippen molar-refractivity contribution in [1.29, 1.82) is 0 Å². The average molecular weight is 1070 g/mol. The fourth-order valence-electron chi connectivity index (χ4n) is 9.25. The van der Waals surface area contributed by atoms with E-state index in [0.717, 1.165) is 77.0 Å². The summed E-state index contributed by atoms with van der Waals surface area (Å²) in [7, 11) is -4.39. The SMILES string of the molecule is CC/C=C\C/C=C\C/C=C\C/C=C\C/C=C\CCCCCCCCCC(=O)OC(COC(=O)CCCCCCCCCCCCCCCCCCCCCCCCCCCCCCCCC)COP(=O)(O)OCCN. The molecule has 0 saturated carbocycles. The Labute approximate surface area is 463 Å². The van der Waals surface area contributed by atoms with Crippen molar-refractivity contribution in [3.8, 4) is 0 Å². The van der Waals surface area contributed by atoms with E-state index in [4.69, 9.17) is 24.3 Å². The third kappa shape index (κ3) is 60.8. The van der Waals surface area contributed by atoms with Gasteiger partial charge in [-0.3, -0.25) is 18.6 Å². The van der Waals surface area contributed by atoms with E-state index in [1.807, 2.05) is 0 Å². The molecule has 438 valence electrons. The molecular formula is C65H120NO8P. The van der Waals surface area contributed by atoms with Crippen LogP contribution in [-0.2, 0) is 32.7 Å². The maximum atomic E-state index is 12.7. The molecule has 2 unspecified atom stereocenters. The van der Waals surface area contributed by atoms with Crippen molar-refractivity contribution in [1.82, 2.24) is 0 Å². The Kier molecular flexibility index (Phi) is 59.1. The van der Waals surface area contributed by atoms with Crippen molar-refractivity contribution in [2.24, 2.45) is 5.73 Å². The van der Waals surface area contributed by atoms with Gasteiger partial charge < -0.3 is 20.1 Å². The fraction of sp³-hybridized carbons (Fsp3) is 0.815. The van der Waals surface area contributed by atoms with Gasteiger partial charge in [0.1, 0.15) is 6.61 Å². The van der Waals surface area contributed by atoms with Gasteiger partial charge in [-0.15, -0.1) is 0 Å². The van der Waals surface area contributed by atoms with Gasteiger partial charge in [0.25, 0.3) is 0 Å². The van der Waals surface area contributed by atoms with E-state index in [9.17, 15) is 19.0 Å². The highest BCUT2D eigenvalue weighted by Crippen LogP contribution is 2.43. The van der Waals surface area contributed by atoms with Crippen LogP contribution in [0.1, 0.15) is 309 Å². The van der Waals surface area contributed by atoms with Crippen LogP contribution in [0.15, 0.2) is 60.8 Å². The fourth-order valence-corrected chi connectivity index (χ4v) is 10.0. The Morgan fingerprint density at radius 2 is 0.733 bits per heavy atom. The van der Waals surface area contributed by atoms with E-state index in [2.05, 4.69) is 74.6 Å². The van der Waals surface area contributed by atoms with Gasteiger partial charge in [-0.05, 0) is 57.8 Å². The van der Waals surface area contributed by atoms with E-state index in [1.54, 1.807) is 0 Å². The zero-order valence-electron chi connectivity index (χ0n) is 49.0. The minimum absolute atomic E-state index is 0.0504. The molecule has 0 rings (SSSR count). The van der Waals surface area contributed by atoms with Crippen molar-refractivity contribution in [2.45, 2.75) is 315 Å². The topological polar surface area (TPSA) is 134 Å². The molecule has 0 aromatic rings. The highest BCUT2D eigenvalue weighted by Gasteiger charge is 2.26. The van der Waals surface area contributed by atoms with E-state index >= 15 is 0 Å². The first-order chi connectivity index (χ1) is 36.8. The maximum Gasteiger partial charge on any atom is 0.472 e. The minimum atomic E-state index is -4.39. The summed E-state index contributed by atoms with van der Waals surface area (Å²) in [6.45, 7) is 3.66. The molecule has 0 spiro atoms. The summed E-state index contributed by atoms with van der Waals surface area (Å²) in [6.07, 6.45) is 77.3. The number of phosphoric ester groups is 1. The second-order valence-electron chi connectivity index (χ2n) is 21.3. The molecule has 75 heavy (non-hydrogen) atoms. The van der Waals surface area contributed by atoms with E-state index in [0.29, 0.717) is 6.42 Å². The number of phosphoric acid groups is 1. The number of unbranched alkanes of at least 4 members (excludes halogenated alkanes) is 37. The summed E-state index contributed by atoms with van der Waals surface area (Å²) in [5.74, 6) is -0.829. The number of hydrogen-bond acceptors (Lipinski definition) is 8. The molecule has 0 radical (unpaired) electrons. The summed E-state index contributed by atoms with van der Waals surface area (Å²) in [6, 6.07) is 0. The Balaban J connectivity index is 3.89. The molecule has 9 nitrogen and oxygen atoms in total. The third-order valence-corrected chi connectivity index (χ3v) is 14.9.